The number of benzene rings is 9. The molecule has 0 atom stereocenters. The molecule has 0 N–H and O–H groups in total. The van der Waals surface area contributed by atoms with Crippen molar-refractivity contribution in [2.75, 3.05) is 0 Å². The Morgan fingerprint density at radius 1 is 0.375 bits per heavy atom. The van der Waals surface area contributed by atoms with Crippen LogP contribution in [0.1, 0.15) is 0 Å². The molecule has 48 heavy (non-hydrogen) atoms. The molecule has 0 amide bonds. The van der Waals surface area contributed by atoms with E-state index in [1.54, 1.807) is 0 Å². The largest absolute Gasteiger partial charge is 0.456 e. The second-order valence-corrected chi connectivity index (χ2v) is 13.8. The van der Waals surface area contributed by atoms with Gasteiger partial charge < -0.3 is 4.42 Å². The van der Waals surface area contributed by atoms with Crippen LogP contribution in [0.2, 0.25) is 0 Å². The lowest BCUT2D eigenvalue weighted by molar-refractivity contribution is 0.669. The number of furan rings is 1. The molecular weight excluding hydrogens is 601 g/mol. The minimum absolute atomic E-state index is 0.936. The van der Waals surface area contributed by atoms with Crippen molar-refractivity contribution in [3.8, 4) is 22.3 Å². The summed E-state index contributed by atoms with van der Waals surface area (Å²) < 4.78 is 8.93. The Morgan fingerprint density at radius 2 is 1.02 bits per heavy atom. The maximum atomic E-state index is 6.31. The summed E-state index contributed by atoms with van der Waals surface area (Å²) in [6.45, 7) is 0. The lowest BCUT2D eigenvalue weighted by Crippen LogP contribution is -1.91. The van der Waals surface area contributed by atoms with Crippen molar-refractivity contribution in [2.24, 2.45) is 0 Å². The van der Waals surface area contributed by atoms with Gasteiger partial charge in [0.25, 0.3) is 0 Å². The van der Waals surface area contributed by atoms with E-state index in [0.717, 1.165) is 11.2 Å². The van der Waals surface area contributed by atoms with E-state index >= 15 is 0 Å². The Balaban J connectivity index is 1.23. The molecule has 0 aliphatic rings. The summed E-state index contributed by atoms with van der Waals surface area (Å²) in [5.41, 5.74) is 6.98. The first kappa shape index (κ1) is 26.1. The van der Waals surface area contributed by atoms with Gasteiger partial charge in [0.1, 0.15) is 11.2 Å². The van der Waals surface area contributed by atoms with Crippen molar-refractivity contribution in [2.45, 2.75) is 0 Å². The van der Waals surface area contributed by atoms with Crippen LogP contribution in [-0.4, -0.2) is 0 Å². The van der Waals surface area contributed by atoms with Crippen LogP contribution in [0.25, 0.3) is 107 Å². The van der Waals surface area contributed by atoms with Crippen molar-refractivity contribution in [1.82, 2.24) is 0 Å². The molecule has 0 saturated carbocycles. The Labute approximate surface area is 279 Å². The molecule has 11 rings (SSSR count). The molecule has 9 aromatic carbocycles. The highest BCUT2D eigenvalue weighted by Gasteiger charge is 2.20. The molecule has 0 fully saturated rings. The Bertz CT molecular complexity index is 3060. The van der Waals surface area contributed by atoms with Gasteiger partial charge in [0.15, 0.2) is 0 Å². The Morgan fingerprint density at radius 3 is 1.81 bits per heavy atom. The molecule has 1 nitrogen and oxygen atoms in total. The van der Waals surface area contributed by atoms with E-state index in [0.29, 0.717) is 0 Å². The van der Waals surface area contributed by atoms with Gasteiger partial charge in [-0.05, 0) is 84.2 Å². The maximum absolute atomic E-state index is 6.31. The van der Waals surface area contributed by atoms with Gasteiger partial charge in [-0.3, -0.25) is 0 Å². The van der Waals surface area contributed by atoms with E-state index in [2.05, 4.69) is 152 Å². The molecule has 2 heteroatoms. The van der Waals surface area contributed by atoms with Gasteiger partial charge in [-0.25, -0.2) is 0 Å². The quantitative estimate of drug-likeness (QED) is 0.174. The highest BCUT2D eigenvalue weighted by Crippen LogP contribution is 2.48. The molecule has 0 spiro atoms. The monoisotopic (exact) mass is 626 g/mol. The number of rotatable bonds is 2. The second-order valence-electron chi connectivity index (χ2n) is 12.8. The van der Waals surface area contributed by atoms with Crippen molar-refractivity contribution >= 4 is 96.5 Å². The number of para-hydroxylation sites is 1. The molecule has 2 aromatic heterocycles. The summed E-state index contributed by atoms with van der Waals surface area (Å²) in [6, 6.07) is 57.7. The number of thiophene rings is 1. The lowest BCUT2D eigenvalue weighted by Gasteiger charge is -2.19. The van der Waals surface area contributed by atoms with Crippen LogP contribution in [0.5, 0.6) is 0 Å². The van der Waals surface area contributed by atoms with Crippen LogP contribution < -0.4 is 0 Å². The third-order valence-corrected chi connectivity index (χ3v) is 11.4. The molecule has 0 aliphatic heterocycles. The zero-order valence-electron chi connectivity index (χ0n) is 25.8. The maximum Gasteiger partial charge on any atom is 0.136 e. The van der Waals surface area contributed by atoms with E-state index in [-0.39, 0.29) is 0 Å². The highest BCUT2D eigenvalue weighted by atomic mass is 32.1. The average Bonchev–Trinajstić information content (AvgIpc) is 3.72. The van der Waals surface area contributed by atoms with Crippen LogP contribution in [0.15, 0.2) is 162 Å². The Hall–Kier alpha value is -5.96. The fourth-order valence-electron chi connectivity index (χ4n) is 8.19. The molecule has 0 saturated heterocycles. The third-order valence-electron chi connectivity index (χ3n) is 10.2. The van der Waals surface area contributed by atoms with Gasteiger partial charge >= 0.3 is 0 Å². The van der Waals surface area contributed by atoms with Crippen molar-refractivity contribution < 1.29 is 4.42 Å². The van der Waals surface area contributed by atoms with E-state index in [9.17, 15) is 0 Å². The topological polar surface area (TPSA) is 13.1 Å². The number of fused-ring (bicyclic) bond motifs is 12. The summed E-state index contributed by atoms with van der Waals surface area (Å²) in [5, 5.41) is 15.1. The van der Waals surface area contributed by atoms with Crippen LogP contribution in [-0.2, 0) is 0 Å². The second kappa shape index (κ2) is 9.78. The first-order chi connectivity index (χ1) is 23.8. The molecule has 0 bridgehead atoms. The van der Waals surface area contributed by atoms with E-state index < -0.39 is 0 Å². The van der Waals surface area contributed by atoms with Crippen molar-refractivity contribution in [3.63, 3.8) is 0 Å². The summed E-state index contributed by atoms with van der Waals surface area (Å²) in [6.07, 6.45) is 0. The zero-order valence-corrected chi connectivity index (χ0v) is 26.6. The minimum Gasteiger partial charge on any atom is -0.456 e. The summed E-state index contributed by atoms with van der Waals surface area (Å²) in [7, 11) is 0. The van der Waals surface area contributed by atoms with Gasteiger partial charge in [0, 0.05) is 36.3 Å². The molecule has 0 radical (unpaired) electrons. The SMILES string of the molecule is c1ccc2c(-c3c4ccccc4c(-c4ccc5sc6c(ccc7ccc8oc9ccccc9c8c76)c5c4)c4ccccc34)cccc2c1. The van der Waals surface area contributed by atoms with E-state index in [1.165, 1.54) is 96.3 Å². The molecule has 222 valence electrons. The fraction of sp³-hybridized carbons (Fsp3) is 0. The number of hydrogen-bond acceptors (Lipinski definition) is 2. The minimum atomic E-state index is 0.936. The van der Waals surface area contributed by atoms with Crippen LogP contribution in [0.3, 0.4) is 0 Å². The van der Waals surface area contributed by atoms with Gasteiger partial charge in [0.2, 0.25) is 0 Å². The predicted molar refractivity (Wildman–Crippen MR) is 208 cm³/mol. The lowest BCUT2D eigenvalue weighted by atomic mass is 9.84. The van der Waals surface area contributed by atoms with Crippen molar-refractivity contribution in [3.05, 3.63) is 158 Å². The molecule has 2 heterocycles. The fourth-order valence-corrected chi connectivity index (χ4v) is 9.43. The van der Waals surface area contributed by atoms with Crippen LogP contribution in [0, 0.1) is 0 Å². The van der Waals surface area contributed by atoms with Crippen LogP contribution in [0.4, 0.5) is 0 Å². The van der Waals surface area contributed by atoms with Gasteiger partial charge in [0.05, 0.1) is 0 Å². The van der Waals surface area contributed by atoms with E-state index in [4.69, 9.17) is 4.42 Å². The molecular formula is C46H26OS. The Kier molecular flexibility index (Phi) is 5.32. The first-order valence-electron chi connectivity index (χ1n) is 16.4. The van der Waals surface area contributed by atoms with E-state index in [1.807, 2.05) is 17.4 Å². The van der Waals surface area contributed by atoms with Crippen LogP contribution >= 0.6 is 11.3 Å². The van der Waals surface area contributed by atoms with Crippen molar-refractivity contribution in [1.29, 1.82) is 0 Å². The smallest absolute Gasteiger partial charge is 0.136 e. The van der Waals surface area contributed by atoms with Gasteiger partial charge in [-0.2, -0.15) is 0 Å². The first-order valence-corrected chi connectivity index (χ1v) is 17.2. The summed E-state index contributed by atoms with van der Waals surface area (Å²) in [5.74, 6) is 0. The summed E-state index contributed by atoms with van der Waals surface area (Å²) >= 11 is 1.89. The summed E-state index contributed by atoms with van der Waals surface area (Å²) in [4.78, 5) is 0. The standard InChI is InChI=1S/C46H26OS/c1-2-12-30-27(10-1)11-9-18-31(30)44-34-15-5-3-13-32(34)42(33-14-4-6-16-35(33)44)29-22-25-41-38(26-29)36-23-20-28-21-24-40-45(43(28)46(36)48-41)37-17-7-8-19-39(37)47-40/h1-26H. The molecule has 0 aliphatic carbocycles. The zero-order chi connectivity index (χ0) is 31.3. The predicted octanol–water partition coefficient (Wildman–Crippen LogP) is 13.9. The van der Waals surface area contributed by atoms with Gasteiger partial charge in [-0.15, -0.1) is 11.3 Å². The number of hydrogen-bond donors (Lipinski definition) is 0. The highest BCUT2D eigenvalue weighted by molar-refractivity contribution is 7.26. The van der Waals surface area contributed by atoms with Gasteiger partial charge in [-0.1, -0.05) is 133 Å². The average molecular weight is 627 g/mol. The third kappa shape index (κ3) is 3.55. The molecule has 0 unspecified atom stereocenters. The normalized spacial score (nSPS) is 12.2. The molecule has 11 aromatic rings.